The molecule has 1 heterocycles. The number of carbonyl (C=O) groups is 1. The minimum atomic E-state index is -0.863. The fraction of sp³-hybridized carbons (Fsp3) is 0.625. The number of rotatable bonds is 4. The van der Waals surface area contributed by atoms with Gasteiger partial charge in [0.05, 0.1) is 17.8 Å². The van der Waals surface area contributed by atoms with Crippen LogP contribution in [0.5, 0.6) is 0 Å². The molecule has 0 aromatic carbocycles. The highest BCUT2D eigenvalue weighted by Gasteiger charge is 2.12. The van der Waals surface area contributed by atoms with Crippen LogP contribution in [0.1, 0.15) is 24.7 Å². The van der Waals surface area contributed by atoms with Gasteiger partial charge in [-0.05, 0) is 6.42 Å². The molecule has 0 aliphatic carbocycles. The van der Waals surface area contributed by atoms with Crippen LogP contribution in [0.4, 0.5) is 0 Å². The zero-order valence-corrected chi connectivity index (χ0v) is 7.82. The minimum Gasteiger partial charge on any atom is -0.481 e. The lowest BCUT2D eigenvalue weighted by Gasteiger charge is -1.99. The Morgan fingerprint density at radius 3 is 2.85 bits per heavy atom. The van der Waals surface area contributed by atoms with Crippen LogP contribution in [0.15, 0.2) is 0 Å². The molecule has 5 heteroatoms. The highest BCUT2D eigenvalue weighted by Crippen LogP contribution is 2.07. The quantitative estimate of drug-likeness (QED) is 0.733. The van der Waals surface area contributed by atoms with E-state index in [1.54, 1.807) is 11.7 Å². The molecule has 5 nitrogen and oxygen atoms in total. The van der Waals surface area contributed by atoms with E-state index in [1.165, 1.54) is 0 Å². The molecule has 72 valence electrons. The van der Waals surface area contributed by atoms with E-state index in [-0.39, 0.29) is 6.42 Å². The van der Waals surface area contributed by atoms with Gasteiger partial charge in [-0.25, -0.2) is 0 Å². The third-order valence-electron chi connectivity index (χ3n) is 1.83. The number of hydrogen-bond acceptors (Lipinski definition) is 3. The van der Waals surface area contributed by atoms with E-state index in [9.17, 15) is 4.79 Å². The first-order valence-corrected chi connectivity index (χ1v) is 4.24. The van der Waals surface area contributed by atoms with Gasteiger partial charge < -0.3 is 5.11 Å². The van der Waals surface area contributed by atoms with Crippen molar-refractivity contribution >= 4 is 5.97 Å². The van der Waals surface area contributed by atoms with Gasteiger partial charge in [0, 0.05) is 7.05 Å². The summed E-state index contributed by atoms with van der Waals surface area (Å²) in [5.41, 5.74) is 1.50. The van der Waals surface area contributed by atoms with E-state index in [0.717, 1.165) is 18.5 Å². The second-order valence-electron chi connectivity index (χ2n) is 2.93. The Morgan fingerprint density at radius 2 is 2.31 bits per heavy atom. The van der Waals surface area contributed by atoms with Crippen LogP contribution in [-0.4, -0.2) is 26.1 Å². The second-order valence-corrected chi connectivity index (χ2v) is 2.93. The molecule has 0 atom stereocenters. The number of hydrogen-bond donors (Lipinski definition) is 1. The van der Waals surface area contributed by atoms with E-state index < -0.39 is 5.97 Å². The molecule has 0 aliphatic rings. The highest BCUT2D eigenvalue weighted by molar-refractivity contribution is 5.69. The Morgan fingerprint density at radius 1 is 1.62 bits per heavy atom. The second kappa shape index (κ2) is 4.02. The molecule has 0 saturated heterocycles. The SMILES string of the molecule is CCCc1c(CC(=O)O)nnn1C. The fourth-order valence-corrected chi connectivity index (χ4v) is 1.24. The highest BCUT2D eigenvalue weighted by atomic mass is 16.4. The van der Waals surface area contributed by atoms with Gasteiger partial charge in [-0.2, -0.15) is 0 Å². The van der Waals surface area contributed by atoms with Crippen LogP contribution in [0.2, 0.25) is 0 Å². The van der Waals surface area contributed by atoms with E-state index in [2.05, 4.69) is 10.3 Å². The van der Waals surface area contributed by atoms with Gasteiger partial charge in [0.25, 0.3) is 0 Å². The fourth-order valence-electron chi connectivity index (χ4n) is 1.24. The number of aliphatic carboxylic acids is 1. The van der Waals surface area contributed by atoms with Crippen LogP contribution in [0, 0.1) is 0 Å². The maximum absolute atomic E-state index is 10.5. The van der Waals surface area contributed by atoms with Crippen molar-refractivity contribution < 1.29 is 9.90 Å². The molecule has 0 fully saturated rings. The average molecular weight is 183 g/mol. The maximum Gasteiger partial charge on any atom is 0.309 e. The Hall–Kier alpha value is -1.39. The van der Waals surface area contributed by atoms with E-state index in [0.29, 0.717) is 5.69 Å². The summed E-state index contributed by atoms with van der Waals surface area (Å²) in [5.74, 6) is -0.863. The maximum atomic E-state index is 10.5. The lowest BCUT2D eigenvalue weighted by Crippen LogP contribution is -2.05. The van der Waals surface area contributed by atoms with Crippen molar-refractivity contribution in [1.82, 2.24) is 15.0 Å². The molecule has 1 rings (SSSR count). The van der Waals surface area contributed by atoms with Gasteiger partial charge in [-0.3, -0.25) is 9.48 Å². The van der Waals surface area contributed by atoms with Crippen molar-refractivity contribution in [2.75, 3.05) is 0 Å². The van der Waals surface area contributed by atoms with Gasteiger partial charge in [-0.1, -0.05) is 18.6 Å². The predicted octanol–water partition coefficient (Wildman–Crippen LogP) is 0.395. The van der Waals surface area contributed by atoms with E-state index in [4.69, 9.17) is 5.11 Å². The summed E-state index contributed by atoms with van der Waals surface area (Å²) in [7, 11) is 1.78. The molecule has 0 radical (unpaired) electrons. The number of carboxylic acids is 1. The van der Waals surface area contributed by atoms with Crippen molar-refractivity contribution in [2.24, 2.45) is 7.05 Å². The topological polar surface area (TPSA) is 68.0 Å². The third-order valence-corrected chi connectivity index (χ3v) is 1.83. The van der Waals surface area contributed by atoms with Gasteiger partial charge in [0.2, 0.25) is 0 Å². The Kier molecular flexibility index (Phi) is 3.00. The molecule has 1 aromatic heterocycles. The van der Waals surface area contributed by atoms with Crippen LogP contribution >= 0.6 is 0 Å². The van der Waals surface area contributed by atoms with Crippen LogP contribution < -0.4 is 0 Å². The van der Waals surface area contributed by atoms with E-state index >= 15 is 0 Å². The normalized spacial score (nSPS) is 10.3. The summed E-state index contributed by atoms with van der Waals surface area (Å²) in [6, 6.07) is 0. The molecule has 0 aliphatic heterocycles. The van der Waals surface area contributed by atoms with Gasteiger partial charge in [-0.15, -0.1) is 5.10 Å². The molecule has 1 aromatic rings. The number of aromatic nitrogens is 3. The van der Waals surface area contributed by atoms with E-state index in [1.807, 2.05) is 6.92 Å². The molecule has 0 unspecified atom stereocenters. The number of carboxylic acid groups (broad SMARTS) is 1. The summed E-state index contributed by atoms with van der Waals surface area (Å²) in [6.45, 7) is 2.04. The zero-order valence-electron chi connectivity index (χ0n) is 7.82. The van der Waals surface area contributed by atoms with Crippen LogP contribution in [0.3, 0.4) is 0 Å². The first kappa shape index (κ1) is 9.70. The summed E-state index contributed by atoms with van der Waals surface area (Å²) in [6.07, 6.45) is 1.75. The Balaban J connectivity index is 2.86. The molecular weight excluding hydrogens is 170 g/mol. The van der Waals surface area contributed by atoms with Crippen molar-refractivity contribution in [2.45, 2.75) is 26.2 Å². The van der Waals surface area contributed by atoms with Crippen LogP contribution in [0.25, 0.3) is 0 Å². The molecule has 1 N–H and O–H groups in total. The molecule has 0 amide bonds. The first-order valence-electron chi connectivity index (χ1n) is 4.24. The Bertz CT molecular complexity index is 306. The summed E-state index contributed by atoms with van der Waals surface area (Å²) >= 11 is 0. The van der Waals surface area contributed by atoms with Crippen LogP contribution in [-0.2, 0) is 24.7 Å². The largest absolute Gasteiger partial charge is 0.481 e. The van der Waals surface area contributed by atoms with Crippen molar-refractivity contribution in [3.05, 3.63) is 11.4 Å². The smallest absolute Gasteiger partial charge is 0.309 e. The average Bonchev–Trinajstić information content (AvgIpc) is 2.35. The van der Waals surface area contributed by atoms with Gasteiger partial charge >= 0.3 is 5.97 Å². The number of nitrogens with zero attached hydrogens (tertiary/aromatic N) is 3. The number of aryl methyl sites for hydroxylation is 1. The summed E-state index contributed by atoms with van der Waals surface area (Å²) < 4.78 is 1.64. The molecule has 0 saturated carbocycles. The van der Waals surface area contributed by atoms with Gasteiger partial charge in [0.15, 0.2) is 0 Å². The van der Waals surface area contributed by atoms with Crippen molar-refractivity contribution in [3.63, 3.8) is 0 Å². The molecular formula is C8H13N3O2. The zero-order chi connectivity index (χ0) is 9.84. The summed E-state index contributed by atoms with van der Waals surface area (Å²) in [4.78, 5) is 10.5. The van der Waals surface area contributed by atoms with Crippen molar-refractivity contribution in [3.8, 4) is 0 Å². The lowest BCUT2D eigenvalue weighted by molar-refractivity contribution is -0.136. The standard InChI is InChI=1S/C8H13N3O2/c1-3-4-7-6(5-8(12)13)9-10-11(7)2/h3-5H2,1-2H3,(H,12,13). The van der Waals surface area contributed by atoms with Gasteiger partial charge in [0.1, 0.15) is 0 Å². The minimum absolute atomic E-state index is 0.0385. The summed E-state index contributed by atoms with van der Waals surface area (Å²) in [5, 5.41) is 16.2. The first-order chi connectivity index (χ1) is 6.15. The third kappa shape index (κ3) is 2.27. The van der Waals surface area contributed by atoms with Crippen molar-refractivity contribution in [1.29, 1.82) is 0 Å². The predicted molar refractivity (Wildman–Crippen MR) is 46.3 cm³/mol. The molecule has 0 bridgehead atoms. The Labute approximate surface area is 76.4 Å². The molecule has 13 heavy (non-hydrogen) atoms. The molecule has 0 spiro atoms. The monoisotopic (exact) mass is 183 g/mol. The lowest BCUT2D eigenvalue weighted by atomic mass is 10.2.